The van der Waals surface area contributed by atoms with Crippen molar-refractivity contribution in [2.24, 2.45) is 0 Å². The largest absolute Gasteiger partial charge is 0.325 e. The number of hydrogen-bond acceptors (Lipinski definition) is 4. The maximum Gasteiger partial charge on any atom is 0.238 e. The Hall–Kier alpha value is -1.43. The minimum absolute atomic E-state index is 0.0684. The Kier molecular flexibility index (Phi) is 6.17. The van der Waals surface area contributed by atoms with Gasteiger partial charge < -0.3 is 15.5 Å². The van der Waals surface area contributed by atoms with Gasteiger partial charge in [0.25, 0.3) is 0 Å². The highest BCUT2D eigenvalue weighted by Crippen LogP contribution is 2.12. The number of rotatable bonds is 5. The van der Waals surface area contributed by atoms with Crippen LogP contribution in [0.2, 0.25) is 0 Å². The summed E-state index contributed by atoms with van der Waals surface area (Å²) >= 11 is 0. The van der Waals surface area contributed by atoms with Crippen LogP contribution in [0.3, 0.4) is 0 Å². The van der Waals surface area contributed by atoms with E-state index < -0.39 is 0 Å². The molecule has 0 spiro atoms. The summed E-state index contributed by atoms with van der Waals surface area (Å²) in [6.45, 7) is 5.28. The van der Waals surface area contributed by atoms with Gasteiger partial charge in [-0.15, -0.1) is 0 Å². The number of anilines is 1. The Morgan fingerprint density at radius 1 is 1.33 bits per heavy atom. The van der Waals surface area contributed by atoms with Crippen molar-refractivity contribution in [3.05, 3.63) is 29.8 Å². The van der Waals surface area contributed by atoms with Crippen LogP contribution in [0.1, 0.15) is 12.0 Å². The second-order valence-corrected chi connectivity index (χ2v) is 5.87. The van der Waals surface area contributed by atoms with Crippen LogP contribution in [0, 0.1) is 0 Å². The Morgan fingerprint density at radius 2 is 2.19 bits per heavy atom. The summed E-state index contributed by atoms with van der Waals surface area (Å²) in [5.41, 5.74) is 2.09. The van der Waals surface area contributed by atoms with E-state index in [2.05, 4.69) is 26.5 Å². The summed E-state index contributed by atoms with van der Waals surface area (Å²) in [4.78, 5) is 16.5. The molecule has 2 N–H and O–H groups in total. The lowest BCUT2D eigenvalue weighted by Crippen LogP contribution is -2.35. The summed E-state index contributed by atoms with van der Waals surface area (Å²) in [6, 6.07) is 8.06. The fraction of sp³-hybridized carbons (Fsp3) is 0.562. The van der Waals surface area contributed by atoms with E-state index in [0.717, 1.165) is 44.8 Å². The molecule has 1 aromatic rings. The van der Waals surface area contributed by atoms with Gasteiger partial charge in [-0.05, 0) is 51.3 Å². The number of carbonyl (C=O) groups is 1. The molecule has 1 aromatic carbocycles. The molecular weight excluding hydrogens is 264 g/mol. The average Bonchev–Trinajstić information content (AvgIpc) is 2.66. The first-order valence-corrected chi connectivity index (χ1v) is 7.60. The molecular formula is C16H26N4O. The predicted octanol–water partition coefficient (Wildman–Crippen LogP) is 0.982. The van der Waals surface area contributed by atoms with Crippen LogP contribution in [0.4, 0.5) is 5.69 Å². The summed E-state index contributed by atoms with van der Waals surface area (Å²) < 4.78 is 0. The van der Waals surface area contributed by atoms with Gasteiger partial charge in [0.1, 0.15) is 0 Å². The molecule has 1 heterocycles. The van der Waals surface area contributed by atoms with Crippen LogP contribution in [0.15, 0.2) is 24.3 Å². The molecule has 0 aliphatic carbocycles. The number of carbonyl (C=O) groups excluding carboxylic acids is 1. The number of amides is 1. The molecule has 1 saturated heterocycles. The Labute approximate surface area is 127 Å². The lowest BCUT2D eigenvalue weighted by molar-refractivity contribution is -0.117. The molecule has 116 valence electrons. The third-order valence-electron chi connectivity index (χ3n) is 3.51. The standard InChI is InChI=1S/C16H26N4O/c1-19(2)12-14-5-3-6-15(11-14)18-16(21)13-20-9-4-7-17-8-10-20/h3,5-6,11,17H,4,7-10,12-13H2,1-2H3,(H,18,21). The van der Waals surface area contributed by atoms with Crippen LogP contribution < -0.4 is 10.6 Å². The van der Waals surface area contributed by atoms with Crippen molar-refractivity contribution < 1.29 is 4.79 Å². The SMILES string of the molecule is CN(C)Cc1cccc(NC(=O)CN2CCCNCC2)c1. The molecule has 1 aliphatic heterocycles. The van der Waals surface area contributed by atoms with Crippen LogP contribution in [0.5, 0.6) is 0 Å². The molecule has 1 aliphatic rings. The van der Waals surface area contributed by atoms with Gasteiger partial charge in [0.15, 0.2) is 0 Å². The Balaban J connectivity index is 1.86. The van der Waals surface area contributed by atoms with Crippen LogP contribution in [0.25, 0.3) is 0 Å². The lowest BCUT2D eigenvalue weighted by atomic mass is 10.2. The minimum Gasteiger partial charge on any atom is -0.325 e. The van der Waals surface area contributed by atoms with Crippen molar-refractivity contribution in [2.45, 2.75) is 13.0 Å². The molecule has 0 atom stereocenters. The summed E-state index contributed by atoms with van der Waals surface area (Å²) in [7, 11) is 4.08. The van der Waals surface area contributed by atoms with Crippen molar-refractivity contribution >= 4 is 11.6 Å². The molecule has 1 fully saturated rings. The molecule has 5 heteroatoms. The molecule has 2 rings (SSSR count). The first-order valence-electron chi connectivity index (χ1n) is 7.60. The van der Waals surface area contributed by atoms with Gasteiger partial charge in [0.05, 0.1) is 6.54 Å². The molecule has 21 heavy (non-hydrogen) atoms. The Bertz CT molecular complexity index is 453. The van der Waals surface area contributed by atoms with E-state index in [1.807, 2.05) is 32.3 Å². The van der Waals surface area contributed by atoms with Crippen molar-refractivity contribution in [3.8, 4) is 0 Å². The van der Waals surface area contributed by atoms with E-state index in [1.54, 1.807) is 0 Å². The van der Waals surface area contributed by atoms with Crippen molar-refractivity contribution in [3.63, 3.8) is 0 Å². The third kappa shape index (κ3) is 5.83. The zero-order valence-corrected chi connectivity index (χ0v) is 13.1. The highest BCUT2D eigenvalue weighted by Gasteiger charge is 2.12. The van der Waals surface area contributed by atoms with E-state index in [4.69, 9.17) is 0 Å². The summed E-state index contributed by atoms with van der Waals surface area (Å²) in [6.07, 6.45) is 1.10. The second kappa shape index (κ2) is 8.12. The van der Waals surface area contributed by atoms with E-state index in [1.165, 1.54) is 5.56 Å². The van der Waals surface area contributed by atoms with Crippen molar-refractivity contribution in [1.82, 2.24) is 15.1 Å². The van der Waals surface area contributed by atoms with Crippen LogP contribution >= 0.6 is 0 Å². The fourth-order valence-corrected chi connectivity index (χ4v) is 2.58. The summed E-state index contributed by atoms with van der Waals surface area (Å²) in [5, 5.41) is 6.35. The monoisotopic (exact) mass is 290 g/mol. The molecule has 0 bridgehead atoms. The smallest absolute Gasteiger partial charge is 0.238 e. The fourth-order valence-electron chi connectivity index (χ4n) is 2.58. The quantitative estimate of drug-likeness (QED) is 0.849. The average molecular weight is 290 g/mol. The highest BCUT2D eigenvalue weighted by atomic mass is 16.2. The number of nitrogens with zero attached hydrogens (tertiary/aromatic N) is 2. The number of hydrogen-bond donors (Lipinski definition) is 2. The van der Waals surface area contributed by atoms with E-state index in [9.17, 15) is 4.79 Å². The van der Waals surface area contributed by atoms with E-state index >= 15 is 0 Å². The van der Waals surface area contributed by atoms with Gasteiger partial charge in [0.2, 0.25) is 5.91 Å². The van der Waals surface area contributed by atoms with Gasteiger partial charge in [-0.1, -0.05) is 12.1 Å². The predicted molar refractivity (Wildman–Crippen MR) is 86.4 cm³/mol. The molecule has 0 saturated carbocycles. The van der Waals surface area contributed by atoms with Crippen LogP contribution in [-0.2, 0) is 11.3 Å². The van der Waals surface area contributed by atoms with Crippen molar-refractivity contribution in [2.75, 3.05) is 52.1 Å². The van der Waals surface area contributed by atoms with E-state index in [-0.39, 0.29) is 5.91 Å². The van der Waals surface area contributed by atoms with Crippen LogP contribution in [-0.4, -0.2) is 62.5 Å². The maximum absolute atomic E-state index is 12.1. The second-order valence-electron chi connectivity index (χ2n) is 5.87. The molecule has 0 unspecified atom stereocenters. The Morgan fingerprint density at radius 3 is 3.00 bits per heavy atom. The normalized spacial score (nSPS) is 16.7. The highest BCUT2D eigenvalue weighted by molar-refractivity contribution is 5.92. The first-order chi connectivity index (χ1) is 10.1. The number of benzene rings is 1. The zero-order valence-electron chi connectivity index (χ0n) is 13.1. The maximum atomic E-state index is 12.1. The first kappa shape index (κ1) is 15.9. The third-order valence-corrected chi connectivity index (χ3v) is 3.51. The van der Waals surface area contributed by atoms with Crippen molar-refractivity contribution in [1.29, 1.82) is 0 Å². The minimum atomic E-state index is 0.0684. The molecule has 0 radical (unpaired) electrons. The van der Waals surface area contributed by atoms with E-state index in [0.29, 0.717) is 6.54 Å². The van der Waals surface area contributed by atoms with Gasteiger partial charge in [-0.25, -0.2) is 0 Å². The van der Waals surface area contributed by atoms with Gasteiger partial charge in [-0.2, -0.15) is 0 Å². The molecule has 1 amide bonds. The summed E-state index contributed by atoms with van der Waals surface area (Å²) in [5.74, 6) is 0.0684. The van der Waals surface area contributed by atoms with Gasteiger partial charge in [-0.3, -0.25) is 9.69 Å². The topological polar surface area (TPSA) is 47.6 Å². The lowest BCUT2D eigenvalue weighted by Gasteiger charge is -2.19. The number of nitrogens with one attached hydrogen (secondary N) is 2. The zero-order chi connectivity index (χ0) is 15.1. The van der Waals surface area contributed by atoms with Gasteiger partial charge >= 0.3 is 0 Å². The molecule has 5 nitrogen and oxygen atoms in total. The van der Waals surface area contributed by atoms with Gasteiger partial charge in [0, 0.05) is 25.3 Å². The molecule has 0 aromatic heterocycles.